The molecule has 138 valence electrons. The highest BCUT2D eigenvalue weighted by Crippen LogP contribution is 2.34. The summed E-state index contributed by atoms with van der Waals surface area (Å²) in [6.07, 6.45) is 8.83. The average molecular weight is 381 g/mol. The Morgan fingerprint density at radius 2 is 1.76 bits per heavy atom. The minimum absolute atomic E-state index is 0.0503. The molecule has 1 saturated carbocycles. The van der Waals surface area contributed by atoms with E-state index in [1.165, 1.54) is 20.7 Å². The van der Waals surface area contributed by atoms with Crippen molar-refractivity contribution >= 4 is 38.0 Å². The lowest BCUT2D eigenvalue weighted by atomic mass is 9.95. The SMILES string of the molecule is CCCCOC1CCC(OC(=O)c2cc3sc(CCC)cc3s2)CC1. The normalized spacial score (nSPS) is 20.9. The first-order valence-electron chi connectivity index (χ1n) is 9.54. The minimum Gasteiger partial charge on any atom is -0.458 e. The van der Waals surface area contributed by atoms with Crippen LogP contribution < -0.4 is 0 Å². The van der Waals surface area contributed by atoms with Crippen LogP contribution in [0.2, 0.25) is 0 Å². The summed E-state index contributed by atoms with van der Waals surface area (Å²) in [5.74, 6) is -0.152. The van der Waals surface area contributed by atoms with Crippen molar-refractivity contribution in [2.24, 2.45) is 0 Å². The zero-order valence-electron chi connectivity index (χ0n) is 15.2. The van der Waals surface area contributed by atoms with Crippen LogP contribution in [-0.2, 0) is 15.9 Å². The zero-order valence-corrected chi connectivity index (χ0v) is 16.8. The molecule has 0 N–H and O–H groups in total. The number of carbonyl (C=O) groups is 1. The first kappa shape index (κ1) is 18.9. The van der Waals surface area contributed by atoms with Crippen molar-refractivity contribution in [3.8, 4) is 0 Å². The summed E-state index contributed by atoms with van der Waals surface area (Å²) in [4.78, 5) is 14.6. The van der Waals surface area contributed by atoms with E-state index in [4.69, 9.17) is 9.47 Å². The van der Waals surface area contributed by atoms with Crippen molar-refractivity contribution in [2.45, 2.75) is 77.4 Å². The number of ether oxygens (including phenoxy) is 2. The van der Waals surface area contributed by atoms with Crippen LogP contribution >= 0.6 is 22.7 Å². The third kappa shape index (κ3) is 5.05. The van der Waals surface area contributed by atoms with Gasteiger partial charge in [-0.1, -0.05) is 26.7 Å². The van der Waals surface area contributed by atoms with E-state index < -0.39 is 0 Å². The van der Waals surface area contributed by atoms with Gasteiger partial charge in [-0.05, 0) is 50.7 Å². The minimum atomic E-state index is -0.152. The number of thiophene rings is 2. The maximum absolute atomic E-state index is 12.4. The molecule has 0 unspecified atom stereocenters. The summed E-state index contributed by atoms with van der Waals surface area (Å²) in [5, 5.41) is 0. The summed E-state index contributed by atoms with van der Waals surface area (Å²) in [5.41, 5.74) is 0. The van der Waals surface area contributed by atoms with Crippen LogP contribution in [0, 0.1) is 0 Å². The molecule has 1 fully saturated rings. The van der Waals surface area contributed by atoms with Gasteiger partial charge in [0.05, 0.1) is 6.10 Å². The van der Waals surface area contributed by atoms with Crippen LogP contribution in [0.5, 0.6) is 0 Å². The van der Waals surface area contributed by atoms with E-state index in [1.807, 2.05) is 6.07 Å². The second-order valence-corrected chi connectivity index (χ2v) is 9.08. The molecule has 5 heteroatoms. The third-order valence-corrected chi connectivity index (χ3v) is 7.04. The lowest BCUT2D eigenvalue weighted by molar-refractivity contribution is -0.0199. The van der Waals surface area contributed by atoms with Gasteiger partial charge < -0.3 is 9.47 Å². The zero-order chi connectivity index (χ0) is 17.6. The summed E-state index contributed by atoms with van der Waals surface area (Å²) in [6, 6.07) is 4.23. The largest absolute Gasteiger partial charge is 0.458 e. The standard InChI is InChI=1S/C20H28O3S2/c1-3-5-11-22-14-7-9-15(10-8-14)23-20(21)19-13-18-17(25-19)12-16(24-18)6-4-2/h12-15H,3-11H2,1-2H3. The molecule has 2 heterocycles. The van der Waals surface area contributed by atoms with Crippen LogP contribution in [0.25, 0.3) is 9.40 Å². The summed E-state index contributed by atoms with van der Waals surface area (Å²) in [7, 11) is 0. The van der Waals surface area contributed by atoms with Gasteiger partial charge in [-0.3, -0.25) is 0 Å². The third-order valence-electron chi connectivity index (χ3n) is 4.70. The Kier molecular flexibility index (Phi) is 6.91. The number of carbonyl (C=O) groups excluding carboxylic acids is 1. The van der Waals surface area contributed by atoms with Gasteiger partial charge in [0.25, 0.3) is 0 Å². The highest BCUT2D eigenvalue weighted by molar-refractivity contribution is 7.28. The molecule has 0 spiro atoms. The van der Waals surface area contributed by atoms with Crippen LogP contribution in [-0.4, -0.2) is 24.8 Å². The molecule has 0 bridgehead atoms. The van der Waals surface area contributed by atoms with Crippen LogP contribution in [0.3, 0.4) is 0 Å². The highest BCUT2D eigenvalue weighted by atomic mass is 32.1. The van der Waals surface area contributed by atoms with Crippen molar-refractivity contribution < 1.29 is 14.3 Å². The van der Waals surface area contributed by atoms with Crippen molar-refractivity contribution in [3.05, 3.63) is 21.9 Å². The number of esters is 1. The number of rotatable bonds is 8. The van der Waals surface area contributed by atoms with Gasteiger partial charge in [-0.15, -0.1) is 22.7 Å². The fraction of sp³-hybridized carbons (Fsp3) is 0.650. The second kappa shape index (κ2) is 9.15. The lowest BCUT2D eigenvalue weighted by Gasteiger charge is -2.28. The highest BCUT2D eigenvalue weighted by Gasteiger charge is 2.25. The molecule has 2 aromatic rings. The Hall–Kier alpha value is -0.910. The molecule has 0 radical (unpaired) electrons. The molecule has 1 aliphatic rings. The quantitative estimate of drug-likeness (QED) is 0.404. The monoisotopic (exact) mass is 380 g/mol. The molecule has 0 aromatic carbocycles. The van der Waals surface area contributed by atoms with E-state index in [0.717, 1.165) is 56.4 Å². The van der Waals surface area contributed by atoms with E-state index in [-0.39, 0.29) is 12.1 Å². The Bertz CT molecular complexity index is 649. The molecule has 0 amide bonds. The Morgan fingerprint density at radius 3 is 2.44 bits per heavy atom. The summed E-state index contributed by atoms with van der Waals surface area (Å²) in [6.45, 7) is 5.23. The Morgan fingerprint density at radius 1 is 1.04 bits per heavy atom. The smallest absolute Gasteiger partial charge is 0.348 e. The van der Waals surface area contributed by atoms with Gasteiger partial charge in [-0.2, -0.15) is 0 Å². The molecule has 0 aliphatic heterocycles. The van der Waals surface area contributed by atoms with Gasteiger partial charge in [0, 0.05) is 20.9 Å². The molecule has 25 heavy (non-hydrogen) atoms. The number of unbranched alkanes of at least 4 members (excludes halogenated alkanes) is 1. The number of aryl methyl sites for hydroxylation is 1. The van der Waals surface area contributed by atoms with Gasteiger partial charge in [0.1, 0.15) is 11.0 Å². The molecule has 0 atom stereocenters. The number of hydrogen-bond acceptors (Lipinski definition) is 5. The molecule has 2 aromatic heterocycles. The predicted molar refractivity (Wildman–Crippen MR) is 106 cm³/mol. The molecule has 3 nitrogen and oxygen atoms in total. The van der Waals surface area contributed by atoms with Gasteiger partial charge in [0.2, 0.25) is 0 Å². The van der Waals surface area contributed by atoms with Crippen LogP contribution in [0.15, 0.2) is 12.1 Å². The maximum Gasteiger partial charge on any atom is 0.348 e. The number of fused-ring (bicyclic) bond motifs is 1. The van der Waals surface area contributed by atoms with E-state index in [9.17, 15) is 4.79 Å². The summed E-state index contributed by atoms with van der Waals surface area (Å²) < 4.78 is 14.1. The lowest BCUT2D eigenvalue weighted by Crippen LogP contribution is -2.28. The topological polar surface area (TPSA) is 35.5 Å². The average Bonchev–Trinajstić information content (AvgIpc) is 3.15. The van der Waals surface area contributed by atoms with Crippen molar-refractivity contribution in [1.29, 1.82) is 0 Å². The van der Waals surface area contributed by atoms with Gasteiger partial charge in [-0.25, -0.2) is 4.79 Å². The fourth-order valence-electron chi connectivity index (χ4n) is 3.28. The van der Waals surface area contributed by atoms with E-state index >= 15 is 0 Å². The number of hydrogen-bond donors (Lipinski definition) is 0. The molecule has 1 aliphatic carbocycles. The summed E-state index contributed by atoms with van der Waals surface area (Å²) >= 11 is 3.37. The van der Waals surface area contributed by atoms with Crippen LogP contribution in [0.1, 0.15) is 73.3 Å². The Balaban J connectivity index is 1.48. The van der Waals surface area contributed by atoms with E-state index in [1.54, 1.807) is 22.7 Å². The second-order valence-electron chi connectivity index (χ2n) is 6.83. The van der Waals surface area contributed by atoms with Gasteiger partial charge >= 0.3 is 5.97 Å². The van der Waals surface area contributed by atoms with E-state index in [2.05, 4.69) is 19.9 Å². The first-order valence-corrected chi connectivity index (χ1v) is 11.2. The van der Waals surface area contributed by atoms with Crippen molar-refractivity contribution in [2.75, 3.05) is 6.61 Å². The molecule has 0 saturated heterocycles. The first-order chi connectivity index (χ1) is 12.2. The fourth-order valence-corrected chi connectivity index (χ4v) is 5.68. The Labute approximate surface area is 158 Å². The van der Waals surface area contributed by atoms with Crippen molar-refractivity contribution in [3.63, 3.8) is 0 Å². The molecular formula is C20H28O3S2. The maximum atomic E-state index is 12.4. The predicted octanol–water partition coefficient (Wildman–Crippen LogP) is 6.20. The van der Waals surface area contributed by atoms with Crippen LogP contribution in [0.4, 0.5) is 0 Å². The molecule has 3 rings (SSSR count). The van der Waals surface area contributed by atoms with Gasteiger partial charge in [0.15, 0.2) is 0 Å². The van der Waals surface area contributed by atoms with Crippen molar-refractivity contribution in [1.82, 2.24) is 0 Å². The van der Waals surface area contributed by atoms with E-state index in [0.29, 0.717) is 6.10 Å². The molecular weight excluding hydrogens is 352 g/mol.